The largest absolute Gasteiger partial charge is 0.466 e. The Hall–Kier alpha value is -3.15. The normalized spacial score (nSPS) is 10.8. The van der Waals surface area contributed by atoms with Crippen molar-refractivity contribution in [2.75, 3.05) is 0 Å². The van der Waals surface area contributed by atoms with E-state index < -0.39 is 5.91 Å². The Labute approximate surface area is 151 Å². The van der Waals surface area contributed by atoms with E-state index in [1.54, 1.807) is 19.9 Å². The number of hydrazine groups is 1. The molecule has 0 bridgehead atoms. The number of carbonyl (C=O) groups excluding carboxylic acids is 2. The van der Waals surface area contributed by atoms with Crippen molar-refractivity contribution in [3.63, 3.8) is 0 Å². The van der Waals surface area contributed by atoms with E-state index in [1.807, 2.05) is 38.1 Å². The third-order valence-electron chi connectivity index (χ3n) is 4.37. The lowest BCUT2D eigenvalue weighted by atomic mass is 10.00. The van der Waals surface area contributed by atoms with Gasteiger partial charge in [0.05, 0.1) is 16.6 Å². The Balaban J connectivity index is 1.89. The topological polar surface area (TPSA) is 84.2 Å². The van der Waals surface area contributed by atoms with Gasteiger partial charge in [-0.05, 0) is 44.9 Å². The summed E-state index contributed by atoms with van der Waals surface area (Å²) in [6.07, 6.45) is 0.719. The average molecular weight is 351 g/mol. The molecule has 2 N–H and O–H groups in total. The minimum atomic E-state index is -0.417. The lowest BCUT2D eigenvalue weighted by Gasteiger charge is -2.14. The molecule has 6 heteroatoms. The maximum Gasteiger partial charge on any atom is 0.273 e. The van der Waals surface area contributed by atoms with Crippen molar-refractivity contribution in [2.24, 2.45) is 0 Å². The molecule has 0 aliphatic carbocycles. The number of pyridine rings is 1. The molecule has 2 heterocycles. The molecule has 134 valence electrons. The van der Waals surface area contributed by atoms with Gasteiger partial charge in [-0.3, -0.25) is 25.4 Å². The van der Waals surface area contributed by atoms with Crippen LogP contribution >= 0.6 is 0 Å². The number of fused-ring (bicyclic) bond motifs is 1. The Morgan fingerprint density at radius 3 is 2.42 bits per heavy atom. The molecule has 26 heavy (non-hydrogen) atoms. The van der Waals surface area contributed by atoms with Gasteiger partial charge in [0, 0.05) is 11.1 Å². The highest BCUT2D eigenvalue weighted by Crippen LogP contribution is 2.23. The third-order valence-corrected chi connectivity index (χ3v) is 4.37. The van der Waals surface area contributed by atoms with Crippen LogP contribution in [0.1, 0.15) is 50.4 Å². The van der Waals surface area contributed by atoms with Crippen molar-refractivity contribution in [3.8, 4) is 0 Å². The van der Waals surface area contributed by atoms with Crippen LogP contribution in [0.4, 0.5) is 0 Å². The first-order valence-electron chi connectivity index (χ1n) is 8.48. The molecule has 0 spiro atoms. The van der Waals surface area contributed by atoms with Crippen molar-refractivity contribution in [1.29, 1.82) is 0 Å². The van der Waals surface area contributed by atoms with Crippen LogP contribution in [0.25, 0.3) is 10.9 Å². The van der Waals surface area contributed by atoms with E-state index in [1.165, 1.54) is 0 Å². The van der Waals surface area contributed by atoms with E-state index in [-0.39, 0.29) is 5.91 Å². The number of amides is 2. The smallest absolute Gasteiger partial charge is 0.273 e. The Morgan fingerprint density at radius 2 is 1.77 bits per heavy atom. The summed E-state index contributed by atoms with van der Waals surface area (Å²) >= 11 is 0. The van der Waals surface area contributed by atoms with Crippen LogP contribution in [-0.4, -0.2) is 16.8 Å². The third kappa shape index (κ3) is 3.18. The van der Waals surface area contributed by atoms with Gasteiger partial charge in [-0.15, -0.1) is 0 Å². The van der Waals surface area contributed by atoms with Crippen LogP contribution in [-0.2, 0) is 6.42 Å². The molecule has 3 aromatic rings. The number of carbonyl (C=O) groups is 2. The predicted octanol–water partition coefficient (Wildman–Crippen LogP) is 3.39. The summed E-state index contributed by atoms with van der Waals surface area (Å²) < 4.78 is 5.35. The number of benzene rings is 1. The zero-order valence-electron chi connectivity index (χ0n) is 15.3. The number of nitrogens with zero attached hydrogens (tertiary/aromatic N) is 1. The Morgan fingerprint density at radius 1 is 1.08 bits per heavy atom. The summed E-state index contributed by atoms with van der Waals surface area (Å²) in [6, 6.07) is 9.12. The van der Waals surface area contributed by atoms with E-state index in [0.717, 1.165) is 28.6 Å². The van der Waals surface area contributed by atoms with Crippen molar-refractivity contribution < 1.29 is 14.0 Å². The highest BCUT2D eigenvalue weighted by atomic mass is 16.3. The van der Waals surface area contributed by atoms with Crippen LogP contribution in [0.2, 0.25) is 0 Å². The van der Waals surface area contributed by atoms with Gasteiger partial charge < -0.3 is 4.42 Å². The lowest BCUT2D eigenvalue weighted by molar-refractivity contribution is 0.0846. The molecule has 0 fully saturated rings. The quantitative estimate of drug-likeness (QED) is 0.709. The molecule has 0 aliphatic rings. The van der Waals surface area contributed by atoms with Crippen LogP contribution in [0.3, 0.4) is 0 Å². The first kappa shape index (κ1) is 17.7. The van der Waals surface area contributed by atoms with Crippen molar-refractivity contribution >= 4 is 22.7 Å². The highest BCUT2D eigenvalue weighted by Gasteiger charge is 2.19. The van der Waals surface area contributed by atoms with Crippen LogP contribution < -0.4 is 10.9 Å². The summed E-state index contributed by atoms with van der Waals surface area (Å²) in [7, 11) is 0. The molecule has 3 rings (SSSR count). The molecule has 0 atom stereocenters. The molecule has 2 aromatic heterocycles. The predicted molar refractivity (Wildman–Crippen MR) is 99.0 cm³/mol. The Kier molecular flexibility index (Phi) is 4.75. The maximum absolute atomic E-state index is 12.8. The lowest BCUT2D eigenvalue weighted by Crippen LogP contribution is -2.42. The van der Waals surface area contributed by atoms with Gasteiger partial charge in [0.2, 0.25) is 0 Å². The summed E-state index contributed by atoms with van der Waals surface area (Å²) in [5, 5.41) is 0.754. The van der Waals surface area contributed by atoms with Gasteiger partial charge in [0.25, 0.3) is 11.8 Å². The summed E-state index contributed by atoms with van der Waals surface area (Å²) in [5.41, 5.74) is 8.32. The molecule has 0 unspecified atom stereocenters. The van der Waals surface area contributed by atoms with E-state index in [4.69, 9.17) is 4.42 Å². The van der Waals surface area contributed by atoms with Crippen molar-refractivity contribution in [3.05, 3.63) is 64.2 Å². The minimum Gasteiger partial charge on any atom is -0.466 e. The second kappa shape index (κ2) is 7.00. The summed E-state index contributed by atoms with van der Waals surface area (Å²) in [5.74, 6) is 0.358. The number of aromatic nitrogens is 1. The number of nitrogens with one attached hydrogen (secondary N) is 2. The molecule has 0 saturated carbocycles. The fourth-order valence-corrected chi connectivity index (χ4v) is 3.09. The SMILES string of the molecule is CCc1nc2ccccc2c(C(=O)NNC(=O)c2cc(C)oc2C)c1C. The number of rotatable bonds is 3. The van der Waals surface area contributed by atoms with Crippen molar-refractivity contribution in [2.45, 2.75) is 34.1 Å². The van der Waals surface area contributed by atoms with Gasteiger partial charge in [0.1, 0.15) is 11.5 Å². The van der Waals surface area contributed by atoms with Crippen LogP contribution in [0.15, 0.2) is 34.7 Å². The fraction of sp³-hybridized carbons (Fsp3) is 0.250. The molecule has 0 radical (unpaired) electrons. The molecule has 2 amide bonds. The van der Waals surface area contributed by atoms with Crippen molar-refractivity contribution in [1.82, 2.24) is 15.8 Å². The van der Waals surface area contributed by atoms with Crippen LogP contribution in [0.5, 0.6) is 0 Å². The second-order valence-electron chi connectivity index (χ2n) is 6.16. The standard InChI is InChI=1S/C20H21N3O3/c1-5-16-12(3)18(14-8-6-7-9-17(14)21-16)20(25)23-22-19(24)15-10-11(2)26-13(15)4/h6-10H,5H2,1-4H3,(H,22,24)(H,23,25). The monoisotopic (exact) mass is 351 g/mol. The number of furan rings is 1. The zero-order valence-corrected chi connectivity index (χ0v) is 15.3. The molecule has 0 aliphatic heterocycles. The van der Waals surface area contributed by atoms with E-state index >= 15 is 0 Å². The van der Waals surface area contributed by atoms with Gasteiger partial charge in [-0.25, -0.2) is 0 Å². The summed E-state index contributed by atoms with van der Waals surface area (Å²) in [6.45, 7) is 7.34. The van der Waals surface area contributed by atoms with Gasteiger partial charge in [0.15, 0.2) is 0 Å². The number of para-hydroxylation sites is 1. The summed E-state index contributed by atoms with van der Waals surface area (Å²) in [4.78, 5) is 29.7. The minimum absolute atomic E-state index is 0.373. The maximum atomic E-state index is 12.8. The van der Waals surface area contributed by atoms with E-state index in [9.17, 15) is 9.59 Å². The number of hydrogen-bond acceptors (Lipinski definition) is 4. The van der Waals surface area contributed by atoms with Gasteiger partial charge in [-0.2, -0.15) is 0 Å². The van der Waals surface area contributed by atoms with Gasteiger partial charge >= 0.3 is 0 Å². The molecule has 0 saturated heterocycles. The zero-order chi connectivity index (χ0) is 18.8. The van der Waals surface area contributed by atoms with E-state index in [0.29, 0.717) is 22.6 Å². The van der Waals surface area contributed by atoms with E-state index in [2.05, 4.69) is 15.8 Å². The highest BCUT2D eigenvalue weighted by molar-refractivity contribution is 6.08. The molecule has 6 nitrogen and oxygen atoms in total. The molecular formula is C20H21N3O3. The molecular weight excluding hydrogens is 330 g/mol. The fourth-order valence-electron chi connectivity index (χ4n) is 3.09. The first-order valence-corrected chi connectivity index (χ1v) is 8.48. The first-order chi connectivity index (χ1) is 12.4. The number of aryl methyl sites for hydroxylation is 3. The molecule has 1 aromatic carbocycles. The van der Waals surface area contributed by atoms with Crippen LogP contribution in [0, 0.1) is 20.8 Å². The second-order valence-corrected chi connectivity index (χ2v) is 6.16. The Bertz CT molecular complexity index is 1000. The average Bonchev–Trinajstić information content (AvgIpc) is 2.97. The van der Waals surface area contributed by atoms with Gasteiger partial charge in [-0.1, -0.05) is 25.1 Å². The number of hydrogen-bond donors (Lipinski definition) is 2.